The van der Waals surface area contributed by atoms with Crippen molar-refractivity contribution in [2.24, 2.45) is 0 Å². The third kappa shape index (κ3) is 3.36. The van der Waals surface area contributed by atoms with E-state index in [0.717, 1.165) is 40.2 Å². The molecule has 0 radical (unpaired) electrons. The van der Waals surface area contributed by atoms with Crippen molar-refractivity contribution in [3.8, 4) is 11.5 Å². The van der Waals surface area contributed by atoms with E-state index in [-0.39, 0.29) is 12.4 Å². The van der Waals surface area contributed by atoms with Crippen molar-refractivity contribution in [3.05, 3.63) is 48.3 Å². The van der Waals surface area contributed by atoms with Crippen LogP contribution in [0.15, 0.2) is 46.9 Å². The van der Waals surface area contributed by atoms with Crippen molar-refractivity contribution in [2.45, 2.75) is 13.3 Å². The molecule has 0 bridgehead atoms. The summed E-state index contributed by atoms with van der Waals surface area (Å²) in [7, 11) is 3.25. The molecular weight excluding hydrogens is 366 g/mol. The highest BCUT2D eigenvalue weighted by Gasteiger charge is 2.17. The summed E-state index contributed by atoms with van der Waals surface area (Å²) in [6.07, 6.45) is 0.722. The van der Waals surface area contributed by atoms with Crippen LogP contribution in [0.1, 0.15) is 12.7 Å². The lowest BCUT2D eigenvalue weighted by Gasteiger charge is -2.12. The second-order valence-electron chi connectivity index (χ2n) is 5.81. The van der Waals surface area contributed by atoms with Crippen molar-refractivity contribution < 1.29 is 26.3 Å². The Kier molecular flexibility index (Phi) is 5.37. The number of benzene rings is 2. The van der Waals surface area contributed by atoms with Gasteiger partial charge in [-0.1, -0.05) is 19.1 Å². The summed E-state index contributed by atoms with van der Waals surface area (Å²) in [5.74, 6) is 2.76. The molecule has 0 spiro atoms. The maximum absolute atomic E-state index is 6.03. The Morgan fingerprint density at radius 3 is 2.59 bits per heavy atom. The smallest absolute Gasteiger partial charge is 0.196 e. The maximum atomic E-state index is 6.03. The molecule has 4 aromatic rings. The van der Waals surface area contributed by atoms with Crippen LogP contribution in [0, 0.1) is 0 Å². The van der Waals surface area contributed by atoms with Crippen molar-refractivity contribution in [1.82, 2.24) is 9.97 Å². The molecule has 6 nitrogen and oxygen atoms in total. The van der Waals surface area contributed by atoms with Gasteiger partial charge in [-0.25, -0.2) is 9.97 Å². The number of aromatic nitrogens is 2. The van der Waals surface area contributed by atoms with Crippen LogP contribution in [-0.2, 0) is 6.42 Å². The van der Waals surface area contributed by atoms with Gasteiger partial charge in [-0.2, -0.15) is 0 Å². The molecule has 27 heavy (non-hydrogen) atoms. The van der Waals surface area contributed by atoms with E-state index in [1.807, 2.05) is 49.4 Å². The largest absolute Gasteiger partial charge is 1.00 e. The van der Waals surface area contributed by atoms with Gasteiger partial charge in [-0.15, -0.1) is 0 Å². The summed E-state index contributed by atoms with van der Waals surface area (Å²) in [5.41, 5.74) is 2.95. The van der Waals surface area contributed by atoms with Gasteiger partial charge in [0.05, 0.1) is 19.9 Å². The zero-order chi connectivity index (χ0) is 18.1. The SMILES string of the molecule is CCc1nc(Nc2cc(OC)ccc2OC)c2oc3ccccc3c2n1.[Cl-]. The van der Waals surface area contributed by atoms with E-state index in [9.17, 15) is 0 Å². The van der Waals surface area contributed by atoms with Crippen molar-refractivity contribution in [2.75, 3.05) is 19.5 Å². The molecule has 0 aliphatic carbocycles. The van der Waals surface area contributed by atoms with Gasteiger partial charge in [-0.3, -0.25) is 0 Å². The average Bonchev–Trinajstić information content (AvgIpc) is 3.06. The number of aryl methyl sites for hydroxylation is 1. The number of hydrogen-bond donors (Lipinski definition) is 1. The van der Waals surface area contributed by atoms with Crippen LogP contribution in [0.4, 0.5) is 11.5 Å². The molecule has 0 aliphatic heterocycles. The quantitative estimate of drug-likeness (QED) is 0.565. The molecule has 0 atom stereocenters. The van der Waals surface area contributed by atoms with Gasteiger partial charge in [0.15, 0.2) is 11.4 Å². The van der Waals surface area contributed by atoms with E-state index in [2.05, 4.69) is 15.3 Å². The van der Waals surface area contributed by atoms with E-state index in [0.29, 0.717) is 17.2 Å². The second-order valence-corrected chi connectivity index (χ2v) is 5.81. The van der Waals surface area contributed by atoms with Gasteiger partial charge in [0.1, 0.15) is 28.4 Å². The molecule has 4 rings (SSSR count). The van der Waals surface area contributed by atoms with E-state index >= 15 is 0 Å². The molecule has 0 aliphatic rings. The molecule has 0 amide bonds. The highest BCUT2D eigenvalue weighted by molar-refractivity contribution is 6.06. The Morgan fingerprint density at radius 1 is 1.04 bits per heavy atom. The number of anilines is 2. The first-order chi connectivity index (χ1) is 12.7. The Morgan fingerprint density at radius 2 is 1.85 bits per heavy atom. The van der Waals surface area contributed by atoms with E-state index in [4.69, 9.17) is 13.9 Å². The number of hydrogen-bond acceptors (Lipinski definition) is 6. The molecule has 2 aromatic carbocycles. The zero-order valence-corrected chi connectivity index (χ0v) is 16.0. The number of rotatable bonds is 5. The van der Waals surface area contributed by atoms with Gasteiger partial charge in [0.2, 0.25) is 0 Å². The molecule has 140 valence electrons. The summed E-state index contributed by atoms with van der Waals surface area (Å²) in [6.45, 7) is 2.03. The van der Waals surface area contributed by atoms with Crippen LogP contribution in [0.5, 0.6) is 11.5 Å². The normalized spacial score (nSPS) is 10.6. The molecule has 7 heteroatoms. The second kappa shape index (κ2) is 7.72. The van der Waals surface area contributed by atoms with Crippen LogP contribution in [0.3, 0.4) is 0 Å². The minimum absolute atomic E-state index is 0. The number of methoxy groups -OCH3 is 2. The van der Waals surface area contributed by atoms with Gasteiger partial charge in [-0.05, 0) is 24.3 Å². The van der Waals surface area contributed by atoms with E-state index in [1.165, 1.54) is 0 Å². The maximum Gasteiger partial charge on any atom is 0.196 e. The predicted molar refractivity (Wildman–Crippen MR) is 102 cm³/mol. The average molecular weight is 385 g/mol. The summed E-state index contributed by atoms with van der Waals surface area (Å²) >= 11 is 0. The van der Waals surface area contributed by atoms with E-state index < -0.39 is 0 Å². The fourth-order valence-electron chi connectivity index (χ4n) is 2.92. The van der Waals surface area contributed by atoms with Gasteiger partial charge >= 0.3 is 0 Å². The van der Waals surface area contributed by atoms with E-state index in [1.54, 1.807) is 14.2 Å². The topological polar surface area (TPSA) is 69.4 Å². The summed E-state index contributed by atoms with van der Waals surface area (Å²) in [5, 5.41) is 4.30. The number of halogens is 1. The minimum atomic E-state index is 0. The molecule has 2 aromatic heterocycles. The lowest BCUT2D eigenvalue weighted by molar-refractivity contribution is -0.00000640. The number of nitrogens with one attached hydrogen (secondary N) is 1. The number of nitrogens with zero attached hydrogens (tertiary/aromatic N) is 2. The standard InChI is InChI=1S/C20H19N3O3.ClH/c1-4-17-22-18-13-7-5-6-8-15(13)26-19(18)20(23-17)21-14-11-12(24-2)9-10-16(14)25-3;/h5-11H,4H2,1-3H3,(H,21,22,23);1H/p-1. The monoisotopic (exact) mass is 384 g/mol. The summed E-state index contributed by atoms with van der Waals surface area (Å²) in [4.78, 5) is 9.29. The molecule has 0 fully saturated rings. The van der Waals surface area contributed by atoms with Gasteiger partial charge < -0.3 is 31.6 Å². The number of para-hydroxylation sites is 1. The number of ether oxygens (including phenoxy) is 2. The van der Waals surface area contributed by atoms with Crippen molar-refractivity contribution >= 4 is 33.6 Å². The number of fused-ring (bicyclic) bond motifs is 3. The molecule has 1 N–H and O–H groups in total. The lowest BCUT2D eigenvalue weighted by Crippen LogP contribution is -3.00. The van der Waals surface area contributed by atoms with Crippen molar-refractivity contribution in [3.63, 3.8) is 0 Å². The zero-order valence-electron chi connectivity index (χ0n) is 15.2. The Bertz CT molecular complexity index is 1090. The first-order valence-corrected chi connectivity index (χ1v) is 8.40. The molecule has 0 saturated carbocycles. The lowest BCUT2D eigenvalue weighted by atomic mass is 10.2. The van der Waals surface area contributed by atoms with Gasteiger partial charge in [0.25, 0.3) is 0 Å². The Hall–Kier alpha value is -2.99. The first kappa shape index (κ1) is 18.8. The Labute approximate surface area is 162 Å². The molecular formula is C20H19ClN3O3-. The fraction of sp³-hybridized carbons (Fsp3) is 0.200. The summed E-state index contributed by atoms with van der Waals surface area (Å²) < 4.78 is 16.8. The molecule has 0 unspecified atom stereocenters. The highest BCUT2D eigenvalue weighted by Crippen LogP contribution is 2.36. The van der Waals surface area contributed by atoms with Gasteiger partial charge in [0, 0.05) is 17.9 Å². The molecule has 0 saturated heterocycles. The van der Waals surface area contributed by atoms with Crippen LogP contribution < -0.4 is 27.2 Å². The number of furan rings is 1. The first-order valence-electron chi connectivity index (χ1n) is 8.40. The summed E-state index contributed by atoms with van der Waals surface area (Å²) in [6, 6.07) is 13.4. The minimum Gasteiger partial charge on any atom is -1.00 e. The van der Waals surface area contributed by atoms with Crippen LogP contribution in [-0.4, -0.2) is 24.2 Å². The van der Waals surface area contributed by atoms with Crippen LogP contribution in [0.25, 0.3) is 22.1 Å². The Balaban J connectivity index is 0.00000210. The van der Waals surface area contributed by atoms with Crippen molar-refractivity contribution in [1.29, 1.82) is 0 Å². The highest BCUT2D eigenvalue weighted by atomic mass is 35.5. The molecule has 2 heterocycles. The fourth-order valence-corrected chi connectivity index (χ4v) is 2.92. The van der Waals surface area contributed by atoms with Crippen LogP contribution in [0.2, 0.25) is 0 Å². The van der Waals surface area contributed by atoms with Crippen LogP contribution >= 0.6 is 0 Å². The third-order valence-corrected chi connectivity index (χ3v) is 4.24. The third-order valence-electron chi connectivity index (χ3n) is 4.24. The predicted octanol–water partition coefficient (Wildman–Crippen LogP) is 1.70.